The van der Waals surface area contributed by atoms with Crippen LogP contribution < -0.4 is 9.00 Å². The van der Waals surface area contributed by atoms with Crippen molar-refractivity contribution < 1.29 is 9.16 Å². The lowest BCUT2D eigenvalue weighted by Crippen LogP contribution is -2.42. The SMILES string of the molecule is COCCCO[SiH](c1cccs1)c1cccs1. The van der Waals surface area contributed by atoms with Crippen molar-refractivity contribution in [3.63, 3.8) is 0 Å². The van der Waals surface area contributed by atoms with Gasteiger partial charge in [-0.3, -0.25) is 0 Å². The largest absolute Gasteiger partial charge is 0.409 e. The molecule has 0 saturated carbocycles. The van der Waals surface area contributed by atoms with Crippen LogP contribution in [0.15, 0.2) is 35.0 Å². The molecule has 0 bridgehead atoms. The van der Waals surface area contributed by atoms with Crippen molar-refractivity contribution in [2.75, 3.05) is 20.3 Å². The van der Waals surface area contributed by atoms with Crippen molar-refractivity contribution in [1.82, 2.24) is 0 Å². The van der Waals surface area contributed by atoms with E-state index in [1.807, 2.05) is 0 Å². The summed E-state index contributed by atoms with van der Waals surface area (Å²) in [6.45, 7) is 1.57. The fourth-order valence-corrected chi connectivity index (χ4v) is 6.97. The van der Waals surface area contributed by atoms with Crippen molar-refractivity contribution in [3.8, 4) is 0 Å². The Kier molecular flexibility index (Phi) is 5.40. The Balaban J connectivity index is 1.99. The molecule has 0 atom stereocenters. The Morgan fingerprint density at radius 2 is 1.71 bits per heavy atom. The molecule has 0 N–H and O–H groups in total. The van der Waals surface area contributed by atoms with Gasteiger partial charge in [0.05, 0.1) is 0 Å². The molecule has 2 aromatic rings. The molecule has 5 heteroatoms. The number of thiophene rings is 2. The third-order valence-electron chi connectivity index (χ3n) is 2.38. The second-order valence-corrected chi connectivity index (χ2v) is 8.76. The van der Waals surface area contributed by atoms with Crippen LogP contribution in [-0.4, -0.2) is 29.4 Å². The number of methoxy groups -OCH3 is 1. The summed E-state index contributed by atoms with van der Waals surface area (Å²) in [5.41, 5.74) is 0. The first-order valence-corrected chi connectivity index (χ1v) is 8.97. The van der Waals surface area contributed by atoms with Gasteiger partial charge in [-0.2, -0.15) is 22.7 Å². The maximum absolute atomic E-state index is 6.11. The Morgan fingerprint density at radius 1 is 1.06 bits per heavy atom. The van der Waals surface area contributed by atoms with Crippen LogP contribution in [-0.2, 0) is 9.16 Å². The summed E-state index contributed by atoms with van der Waals surface area (Å²) in [6, 6.07) is 8.59. The van der Waals surface area contributed by atoms with E-state index in [-0.39, 0.29) is 0 Å². The van der Waals surface area contributed by atoms with Gasteiger partial charge in [-0.25, -0.2) is 0 Å². The van der Waals surface area contributed by atoms with Gasteiger partial charge in [-0.15, -0.1) is 0 Å². The second-order valence-electron chi connectivity index (χ2n) is 3.63. The van der Waals surface area contributed by atoms with Gasteiger partial charge < -0.3 is 9.16 Å². The molecule has 2 heterocycles. The Hall–Kier alpha value is -0.463. The van der Waals surface area contributed by atoms with Crippen LogP contribution in [0.1, 0.15) is 6.42 Å². The Morgan fingerprint density at radius 3 is 2.18 bits per heavy atom. The molecule has 92 valence electrons. The van der Waals surface area contributed by atoms with E-state index in [2.05, 4.69) is 35.0 Å². The summed E-state index contributed by atoms with van der Waals surface area (Å²) in [5, 5.41) is 4.25. The lowest BCUT2D eigenvalue weighted by Gasteiger charge is -2.13. The van der Waals surface area contributed by atoms with Gasteiger partial charge >= 0.3 is 0 Å². The summed E-state index contributed by atoms with van der Waals surface area (Å²) in [5.74, 6) is 0. The molecular weight excluding hydrogens is 268 g/mol. The second kappa shape index (κ2) is 7.08. The predicted molar refractivity (Wildman–Crippen MR) is 77.5 cm³/mol. The van der Waals surface area contributed by atoms with Crippen molar-refractivity contribution in [3.05, 3.63) is 35.0 Å². The van der Waals surface area contributed by atoms with Crippen LogP contribution >= 0.6 is 22.7 Å². The molecule has 2 rings (SSSR count). The molecule has 0 aliphatic heterocycles. The first-order valence-electron chi connectivity index (χ1n) is 5.59. The van der Waals surface area contributed by atoms with Gasteiger partial charge in [0.2, 0.25) is 0 Å². The molecule has 0 fully saturated rings. The minimum Gasteiger partial charge on any atom is -0.409 e. The standard InChI is InChI=1S/C12H16O2S2Si/c1-13-7-4-8-14-17(11-5-2-9-15-11)12-6-3-10-16-12/h2-3,5-6,9-10,17H,4,7-8H2,1H3. The quantitative estimate of drug-likeness (QED) is 0.569. The number of hydrogen-bond acceptors (Lipinski definition) is 4. The summed E-state index contributed by atoms with van der Waals surface area (Å²) in [7, 11) is 0.316. The van der Waals surface area contributed by atoms with E-state index in [4.69, 9.17) is 9.16 Å². The molecule has 2 aromatic heterocycles. The summed E-state index contributed by atoms with van der Waals surface area (Å²) in [4.78, 5) is 0. The van der Waals surface area contributed by atoms with E-state index in [0.29, 0.717) is 0 Å². The first-order chi connectivity index (χ1) is 8.42. The van der Waals surface area contributed by atoms with Gasteiger partial charge in [0.15, 0.2) is 0 Å². The molecule has 0 radical (unpaired) electrons. The molecule has 0 unspecified atom stereocenters. The zero-order valence-corrected chi connectivity index (χ0v) is 12.6. The van der Waals surface area contributed by atoms with Crippen LogP contribution in [0.25, 0.3) is 0 Å². The van der Waals surface area contributed by atoms with E-state index in [1.54, 1.807) is 29.8 Å². The van der Waals surface area contributed by atoms with E-state index in [9.17, 15) is 0 Å². The monoisotopic (exact) mass is 284 g/mol. The van der Waals surface area contributed by atoms with Gasteiger partial charge in [0, 0.05) is 29.3 Å². The molecule has 0 saturated heterocycles. The molecular formula is C12H16O2S2Si. The lowest BCUT2D eigenvalue weighted by atomic mass is 10.5. The van der Waals surface area contributed by atoms with E-state index < -0.39 is 9.04 Å². The van der Waals surface area contributed by atoms with Crippen molar-refractivity contribution in [2.45, 2.75) is 6.42 Å². The molecule has 0 aliphatic carbocycles. The third-order valence-corrected chi connectivity index (χ3v) is 7.87. The fourth-order valence-electron chi connectivity index (χ4n) is 1.59. The maximum atomic E-state index is 6.11. The Labute approximate surface area is 112 Å². The van der Waals surface area contributed by atoms with Crippen LogP contribution in [0.2, 0.25) is 0 Å². The number of rotatable bonds is 7. The highest BCUT2D eigenvalue weighted by Crippen LogP contribution is 2.04. The number of hydrogen-bond donors (Lipinski definition) is 0. The third kappa shape index (κ3) is 3.75. The first kappa shape index (κ1) is 13.0. The van der Waals surface area contributed by atoms with Gasteiger partial charge in [-0.1, -0.05) is 12.1 Å². The van der Waals surface area contributed by atoms with Crippen molar-refractivity contribution in [1.29, 1.82) is 0 Å². The molecule has 0 aliphatic rings. The van der Waals surface area contributed by atoms with E-state index in [1.165, 1.54) is 9.00 Å². The minimum absolute atomic E-state index is 0.774. The van der Waals surface area contributed by atoms with Crippen molar-refractivity contribution in [2.24, 2.45) is 0 Å². The highest BCUT2D eigenvalue weighted by Gasteiger charge is 2.19. The maximum Gasteiger partial charge on any atom is 0.259 e. The molecule has 2 nitrogen and oxygen atoms in total. The van der Waals surface area contributed by atoms with E-state index >= 15 is 0 Å². The minimum atomic E-state index is -1.41. The molecule has 0 spiro atoms. The predicted octanol–water partition coefficient (Wildman–Crippen LogP) is 1.70. The average molecular weight is 284 g/mol. The van der Waals surface area contributed by atoms with Crippen LogP contribution in [0.4, 0.5) is 0 Å². The Bertz CT molecular complexity index is 366. The van der Waals surface area contributed by atoms with Gasteiger partial charge in [-0.05, 0) is 29.3 Å². The normalized spacial score (nSPS) is 11.2. The van der Waals surface area contributed by atoms with Crippen LogP contribution in [0.3, 0.4) is 0 Å². The summed E-state index contributed by atoms with van der Waals surface area (Å²) >= 11 is 3.61. The topological polar surface area (TPSA) is 18.5 Å². The van der Waals surface area contributed by atoms with Crippen LogP contribution in [0, 0.1) is 0 Å². The number of ether oxygens (including phenoxy) is 1. The van der Waals surface area contributed by atoms with Gasteiger partial charge in [0.25, 0.3) is 9.04 Å². The average Bonchev–Trinajstić information content (AvgIpc) is 3.02. The lowest BCUT2D eigenvalue weighted by molar-refractivity contribution is 0.173. The van der Waals surface area contributed by atoms with Crippen molar-refractivity contribution >= 4 is 40.7 Å². The zero-order valence-electron chi connectivity index (χ0n) is 9.80. The summed E-state index contributed by atoms with van der Waals surface area (Å²) < 4.78 is 14.0. The zero-order chi connectivity index (χ0) is 11.9. The molecule has 0 aromatic carbocycles. The smallest absolute Gasteiger partial charge is 0.259 e. The highest BCUT2D eigenvalue weighted by atomic mass is 32.1. The fraction of sp³-hybridized carbons (Fsp3) is 0.333. The molecule has 17 heavy (non-hydrogen) atoms. The van der Waals surface area contributed by atoms with Crippen LogP contribution in [0.5, 0.6) is 0 Å². The molecule has 0 amide bonds. The highest BCUT2D eigenvalue weighted by molar-refractivity contribution is 7.29. The summed E-state index contributed by atoms with van der Waals surface area (Å²) in [6.07, 6.45) is 0.969. The van der Waals surface area contributed by atoms with Gasteiger partial charge in [0.1, 0.15) is 0 Å². The van der Waals surface area contributed by atoms with E-state index in [0.717, 1.165) is 19.6 Å².